The normalized spacial score (nSPS) is 10.4. The number of aromatic nitrogens is 1. The molecule has 0 atom stereocenters. The third kappa shape index (κ3) is 1.02. The van der Waals surface area contributed by atoms with Crippen molar-refractivity contribution in [1.82, 2.24) is 4.98 Å². The Bertz CT molecular complexity index is 426. The molecule has 3 heteroatoms. The van der Waals surface area contributed by atoms with Crippen molar-refractivity contribution in [2.45, 2.75) is 4.90 Å². The number of hydrogen-bond donors (Lipinski definition) is 2. The predicted octanol–water partition coefficient (Wildman–Crippen LogP) is 2.11. The van der Waals surface area contributed by atoms with Gasteiger partial charge in [0.1, 0.15) is 0 Å². The molecule has 0 radical (unpaired) electrons. The molecule has 0 aliphatic rings. The van der Waals surface area contributed by atoms with E-state index in [9.17, 15) is 0 Å². The van der Waals surface area contributed by atoms with Crippen LogP contribution in [0.4, 0.5) is 5.69 Å². The number of nitrogen functional groups attached to an aromatic ring is 1. The van der Waals surface area contributed by atoms with E-state index in [4.69, 9.17) is 5.73 Å². The first-order chi connectivity index (χ1) is 5.79. The minimum atomic E-state index is 0.698. The van der Waals surface area contributed by atoms with E-state index in [1.54, 1.807) is 6.20 Å². The van der Waals surface area contributed by atoms with E-state index in [1.165, 1.54) is 0 Å². The lowest BCUT2D eigenvalue weighted by Gasteiger charge is -2.02. The average Bonchev–Trinajstić information content (AvgIpc) is 2.12. The summed E-state index contributed by atoms with van der Waals surface area (Å²) >= 11 is 4.19. The minimum absolute atomic E-state index is 0.698. The summed E-state index contributed by atoms with van der Waals surface area (Å²) in [5.74, 6) is 0. The second-order valence-electron chi connectivity index (χ2n) is 2.57. The standard InChI is InChI=1S/C9H8N2S/c10-9-6-3-1-2-4-7(6)11-5-8(9)12/h1-5,12H,(H2,10,11). The van der Waals surface area contributed by atoms with Gasteiger partial charge in [-0.05, 0) is 6.07 Å². The first-order valence-electron chi connectivity index (χ1n) is 3.61. The number of fused-ring (bicyclic) bond motifs is 1. The van der Waals surface area contributed by atoms with Gasteiger partial charge >= 0.3 is 0 Å². The van der Waals surface area contributed by atoms with Crippen LogP contribution in [0.25, 0.3) is 10.9 Å². The summed E-state index contributed by atoms with van der Waals surface area (Å²) in [5.41, 5.74) is 7.41. The van der Waals surface area contributed by atoms with E-state index in [0.29, 0.717) is 5.69 Å². The first kappa shape index (κ1) is 7.43. The summed E-state index contributed by atoms with van der Waals surface area (Å²) < 4.78 is 0. The van der Waals surface area contributed by atoms with Gasteiger partial charge in [0.05, 0.1) is 11.2 Å². The van der Waals surface area contributed by atoms with Gasteiger partial charge in [0, 0.05) is 16.5 Å². The van der Waals surface area contributed by atoms with Crippen molar-refractivity contribution in [2.24, 2.45) is 0 Å². The molecule has 0 aliphatic heterocycles. The molecule has 2 aromatic rings. The van der Waals surface area contributed by atoms with Crippen LogP contribution < -0.4 is 5.73 Å². The fraction of sp³-hybridized carbons (Fsp3) is 0. The fourth-order valence-electron chi connectivity index (χ4n) is 1.15. The summed E-state index contributed by atoms with van der Waals surface area (Å²) in [6, 6.07) is 7.75. The number of nitrogens with zero attached hydrogens (tertiary/aromatic N) is 1. The Hall–Kier alpha value is -1.22. The van der Waals surface area contributed by atoms with Crippen LogP contribution in [0.2, 0.25) is 0 Å². The highest BCUT2D eigenvalue weighted by atomic mass is 32.1. The number of nitrogens with two attached hydrogens (primary N) is 1. The predicted molar refractivity (Wildman–Crippen MR) is 53.4 cm³/mol. The third-order valence-corrected chi connectivity index (χ3v) is 2.15. The highest BCUT2D eigenvalue weighted by Gasteiger charge is 2.00. The molecule has 1 aromatic carbocycles. The van der Waals surface area contributed by atoms with Gasteiger partial charge in [-0.15, -0.1) is 12.6 Å². The Morgan fingerprint density at radius 2 is 2.00 bits per heavy atom. The molecule has 0 saturated heterocycles. The van der Waals surface area contributed by atoms with Crippen LogP contribution in [-0.2, 0) is 0 Å². The Kier molecular flexibility index (Phi) is 1.66. The maximum atomic E-state index is 5.80. The number of para-hydroxylation sites is 1. The van der Waals surface area contributed by atoms with Crippen LogP contribution in [0.15, 0.2) is 35.4 Å². The van der Waals surface area contributed by atoms with E-state index in [-0.39, 0.29) is 0 Å². The van der Waals surface area contributed by atoms with Crippen LogP contribution in [0.3, 0.4) is 0 Å². The number of benzene rings is 1. The molecule has 60 valence electrons. The van der Waals surface area contributed by atoms with Crippen LogP contribution in [0, 0.1) is 0 Å². The zero-order chi connectivity index (χ0) is 8.55. The molecular weight excluding hydrogens is 168 g/mol. The first-order valence-corrected chi connectivity index (χ1v) is 4.06. The highest BCUT2D eigenvalue weighted by Crippen LogP contribution is 2.24. The van der Waals surface area contributed by atoms with Crippen LogP contribution in [0.1, 0.15) is 0 Å². The van der Waals surface area contributed by atoms with Gasteiger partial charge in [-0.3, -0.25) is 4.98 Å². The fourth-order valence-corrected chi connectivity index (χ4v) is 1.33. The Labute approximate surface area is 75.8 Å². The topological polar surface area (TPSA) is 38.9 Å². The van der Waals surface area contributed by atoms with Crippen molar-refractivity contribution in [2.75, 3.05) is 5.73 Å². The van der Waals surface area contributed by atoms with Crippen LogP contribution in [-0.4, -0.2) is 4.98 Å². The quantitative estimate of drug-likeness (QED) is 0.603. The van der Waals surface area contributed by atoms with Crippen molar-refractivity contribution in [3.05, 3.63) is 30.5 Å². The summed E-state index contributed by atoms with van der Waals surface area (Å²) in [6.07, 6.45) is 1.67. The SMILES string of the molecule is Nc1c(S)cnc2ccccc12. The minimum Gasteiger partial charge on any atom is -0.397 e. The summed E-state index contributed by atoms with van der Waals surface area (Å²) in [4.78, 5) is 4.92. The smallest absolute Gasteiger partial charge is 0.0723 e. The van der Waals surface area contributed by atoms with Crippen LogP contribution >= 0.6 is 12.6 Å². The van der Waals surface area contributed by atoms with Crippen molar-refractivity contribution in [1.29, 1.82) is 0 Å². The van der Waals surface area contributed by atoms with E-state index >= 15 is 0 Å². The molecular formula is C9H8N2S. The molecule has 0 fully saturated rings. The van der Waals surface area contributed by atoms with Crippen molar-refractivity contribution >= 4 is 29.2 Å². The van der Waals surface area contributed by atoms with Gasteiger partial charge in [0.25, 0.3) is 0 Å². The van der Waals surface area contributed by atoms with Gasteiger partial charge < -0.3 is 5.73 Å². The molecule has 0 amide bonds. The maximum Gasteiger partial charge on any atom is 0.0723 e. The van der Waals surface area contributed by atoms with Gasteiger partial charge in [0.15, 0.2) is 0 Å². The number of thiol groups is 1. The molecule has 1 aromatic heterocycles. The lowest BCUT2D eigenvalue weighted by Crippen LogP contribution is -1.90. The van der Waals surface area contributed by atoms with Crippen molar-refractivity contribution < 1.29 is 0 Å². The van der Waals surface area contributed by atoms with E-state index in [1.807, 2.05) is 24.3 Å². The molecule has 2 N–H and O–H groups in total. The second kappa shape index (κ2) is 2.68. The van der Waals surface area contributed by atoms with Gasteiger partial charge in [-0.2, -0.15) is 0 Å². The van der Waals surface area contributed by atoms with Gasteiger partial charge in [-0.1, -0.05) is 18.2 Å². The Morgan fingerprint density at radius 3 is 2.83 bits per heavy atom. The summed E-state index contributed by atoms with van der Waals surface area (Å²) in [6.45, 7) is 0. The third-order valence-electron chi connectivity index (χ3n) is 1.80. The molecule has 2 rings (SSSR count). The summed E-state index contributed by atoms with van der Waals surface area (Å²) in [7, 11) is 0. The summed E-state index contributed by atoms with van der Waals surface area (Å²) in [5, 5.41) is 0.963. The van der Waals surface area contributed by atoms with Gasteiger partial charge in [0.2, 0.25) is 0 Å². The number of pyridine rings is 1. The Morgan fingerprint density at radius 1 is 1.25 bits per heavy atom. The van der Waals surface area contributed by atoms with Gasteiger partial charge in [-0.25, -0.2) is 0 Å². The maximum absolute atomic E-state index is 5.80. The average molecular weight is 176 g/mol. The Balaban J connectivity index is 2.91. The highest BCUT2D eigenvalue weighted by molar-refractivity contribution is 7.80. The number of anilines is 1. The van der Waals surface area contributed by atoms with Crippen molar-refractivity contribution in [3.8, 4) is 0 Å². The number of hydrogen-bond acceptors (Lipinski definition) is 3. The van der Waals surface area contributed by atoms with Crippen LogP contribution in [0.5, 0.6) is 0 Å². The van der Waals surface area contributed by atoms with E-state index < -0.39 is 0 Å². The molecule has 0 unspecified atom stereocenters. The lowest BCUT2D eigenvalue weighted by molar-refractivity contribution is 1.32. The van der Waals surface area contributed by atoms with Crippen molar-refractivity contribution in [3.63, 3.8) is 0 Å². The molecule has 0 aliphatic carbocycles. The lowest BCUT2D eigenvalue weighted by atomic mass is 10.2. The zero-order valence-corrected chi connectivity index (χ0v) is 7.25. The number of rotatable bonds is 0. The largest absolute Gasteiger partial charge is 0.397 e. The van der Waals surface area contributed by atoms with E-state index in [0.717, 1.165) is 15.8 Å². The molecule has 0 saturated carbocycles. The van der Waals surface area contributed by atoms with E-state index in [2.05, 4.69) is 17.6 Å². The molecule has 0 spiro atoms. The second-order valence-corrected chi connectivity index (χ2v) is 3.06. The molecule has 0 bridgehead atoms. The zero-order valence-electron chi connectivity index (χ0n) is 6.36. The molecule has 1 heterocycles. The monoisotopic (exact) mass is 176 g/mol. The molecule has 12 heavy (non-hydrogen) atoms. The molecule has 2 nitrogen and oxygen atoms in total.